The van der Waals surface area contributed by atoms with Crippen molar-refractivity contribution in [3.63, 3.8) is 0 Å². The van der Waals surface area contributed by atoms with Crippen molar-refractivity contribution >= 4 is 17.4 Å². The molecule has 0 aliphatic heterocycles. The Morgan fingerprint density at radius 1 is 1.19 bits per heavy atom. The van der Waals surface area contributed by atoms with Crippen molar-refractivity contribution in [1.82, 2.24) is 0 Å². The zero-order chi connectivity index (χ0) is 15.6. The zero-order valence-electron chi connectivity index (χ0n) is 11.9. The van der Waals surface area contributed by atoms with Gasteiger partial charge in [-0.2, -0.15) is 13.2 Å². The van der Waals surface area contributed by atoms with E-state index in [0.29, 0.717) is 5.69 Å². The number of halogens is 3. The van der Waals surface area contributed by atoms with Crippen LogP contribution < -0.4 is 5.32 Å². The molecule has 114 valence electrons. The number of hydrogen-bond donors (Lipinski definition) is 1. The number of aryl methyl sites for hydroxylation is 2. The molecule has 0 spiro atoms. The first-order valence-electron chi connectivity index (χ1n) is 6.44. The predicted molar refractivity (Wildman–Crippen MR) is 78.6 cm³/mol. The van der Waals surface area contributed by atoms with Crippen molar-refractivity contribution < 1.29 is 17.6 Å². The molecule has 1 N–H and O–H groups in total. The van der Waals surface area contributed by atoms with E-state index >= 15 is 0 Å². The summed E-state index contributed by atoms with van der Waals surface area (Å²) in [6.45, 7) is 5.58. The van der Waals surface area contributed by atoms with E-state index < -0.39 is 5.51 Å². The Hall–Kier alpha value is -1.56. The lowest BCUT2D eigenvalue weighted by Crippen LogP contribution is -2.09. The fourth-order valence-corrected chi connectivity index (χ4v) is 2.82. The fourth-order valence-electron chi connectivity index (χ4n) is 2.19. The minimum atomic E-state index is -4.30. The second-order valence-corrected chi connectivity index (χ2v) is 5.89. The molecule has 2 nitrogen and oxygen atoms in total. The third-order valence-electron chi connectivity index (χ3n) is 3.03. The molecule has 0 saturated heterocycles. The van der Waals surface area contributed by atoms with Crippen LogP contribution in [0.3, 0.4) is 0 Å². The topological polar surface area (TPSA) is 25.2 Å². The van der Waals surface area contributed by atoms with E-state index in [0.717, 1.165) is 17.1 Å². The normalized spacial score (nSPS) is 13.2. The van der Waals surface area contributed by atoms with Crippen LogP contribution in [-0.2, 0) is 0 Å². The standard InChI is InChI=1S/C15H16F3NOS/c1-9-8-12(11(3)20-9)10(2)19-13-6-4-5-7-14(13)21-15(16,17)18/h4-8,10,19H,1-3H3. The van der Waals surface area contributed by atoms with Gasteiger partial charge in [0.2, 0.25) is 0 Å². The number of rotatable bonds is 4. The smallest absolute Gasteiger partial charge is 0.446 e. The quantitative estimate of drug-likeness (QED) is 0.735. The van der Waals surface area contributed by atoms with Crippen molar-refractivity contribution in [2.75, 3.05) is 5.32 Å². The van der Waals surface area contributed by atoms with Gasteiger partial charge in [-0.1, -0.05) is 12.1 Å². The maximum absolute atomic E-state index is 12.6. The van der Waals surface area contributed by atoms with Gasteiger partial charge in [-0.3, -0.25) is 0 Å². The largest absolute Gasteiger partial charge is 0.466 e. The molecule has 6 heteroatoms. The summed E-state index contributed by atoms with van der Waals surface area (Å²) in [6.07, 6.45) is 0. The molecule has 21 heavy (non-hydrogen) atoms. The van der Waals surface area contributed by atoms with E-state index in [1.54, 1.807) is 18.2 Å². The molecular formula is C15H16F3NOS. The van der Waals surface area contributed by atoms with E-state index in [-0.39, 0.29) is 22.7 Å². The average molecular weight is 315 g/mol. The van der Waals surface area contributed by atoms with Gasteiger partial charge in [-0.15, -0.1) is 0 Å². The first-order valence-corrected chi connectivity index (χ1v) is 7.26. The molecule has 0 saturated carbocycles. The lowest BCUT2D eigenvalue weighted by Gasteiger charge is -2.18. The minimum Gasteiger partial charge on any atom is -0.466 e. The number of alkyl halides is 3. The second-order valence-electron chi connectivity index (χ2n) is 4.78. The third kappa shape index (κ3) is 4.20. The monoisotopic (exact) mass is 315 g/mol. The van der Waals surface area contributed by atoms with Crippen molar-refractivity contribution in [3.8, 4) is 0 Å². The van der Waals surface area contributed by atoms with Crippen LogP contribution in [0.5, 0.6) is 0 Å². The molecule has 0 bridgehead atoms. The predicted octanol–water partition coefficient (Wildman–Crippen LogP) is 5.68. The van der Waals surface area contributed by atoms with E-state index in [1.807, 2.05) is 26.8 Å². The Labute approximate surface area is 125 Å². The van der Waals surface area contributed by atoms with Crippen LogP contribution in [-0.4, -0.2) is 5.51 Å². The first kappa shape index (κ1) is 15.8. The van der Waals surface area contributed by atoms with Crippen molar-refractivity contribution in [2.45, 2.75) is 37.2 Å². The average Bonchev–Trinajstić information content (AvgIpc) is 2.69. The highest BCUT2D eigenvalue weighted by atomic mass is 32.2. The van der Waals surface area contributed by atoms with Crippen LogP contribution in [0.15, 0.2) is 39.6 Å². The summed E-state index contributed by atoms with van der Waals surface area (Å²) in [5.74, 6) is 1.56. The second kappa shape index (κ2) is 6.05. The number of furan rings is 1. The summed E-state index contributed by atoms with van der Waals surface area (Å²) in [7, 11) is 0. The van der Waals surface area contributed by atoms with Crippen LogP contribution in [0, 0.1) is 13.8 Å². The highest BCUT2D eigenvalue weighted by molar-refractivity contribution is 8.00. The lowest BCUT2D eigenvalue weighted by molar-refractivity contribution is -0.0327. The number of hydrogen-bond acceptors (Lipinski definition) is 3. The van der Waals surface area contributed by atoms with Gasteiger partial charge in [-0.05, 0) is 50.7 Å². The Balaban J connectivity index is 2.21. The number of nitrogens with one attached hydrogen (secondary N) is 1. The Kier molecular flexibility index (Phi) is 4.56. The summed E-state index contributed by atoms with van der Waals surface area (Å²) in [5, 5.41) is 3.12. The van der Waals surface area contributed by atoms with Crippen LogP contribution in [0.4, 0.5) is 18.9 Å². The molecule has 0 amide bonds. The number of benzene rings is 1. The number of thioether (sulfide) groups is 1. The molecule has 0 fully saturated rings. The van der Waals surface area contributed by atoms with E-state index in [2.05, 4.69) is 5.32 Å². The van der Waals surface area contributed by atoms with Gasteiger partial charge in [0.05, 0.1) is 6.04 Å². The van der Waals surface area contributed by atoms with Gasteiger partial charge in [-0.25, -0.2) is 0 Å². The molecular weight excluding hydrogens is 299 g/mol. The van der Waals surface area contributed by atoms with E-state index in [4.69, 9.17) is 4.42 Å². The van der Waals surface area contributed by atoms with Crippen LogP contribution in [0.1, 0.15) is 30.0 Å². The fraction of sp³-hybridized carbons (Fsp3) is 0.333. The van der Waals surface area contributed by atoms with Crippen LogP contribution in [0.25, 0.3) is 0 Å². The molecule has 1 aromatic heterocycles. The maximum Gasteiger partial charge on any atom is 0.446 e. The number of anilines is 1. The molecule has 1 atom stereocenters. The molecule has 1 unspecified atom stereocenters. The Morgan fingerprint density at radius 2 is 1.86 bits per heavy atom. The summed E-state index contributed by atoms with van der Waals surface area (Å²) >= 11 is -0.112. The molecule has 2 aromatic rings. The highest BCUT2D eigenvalue weighted by Gasteiger charge is 2.30. The van der Waals surface area contributed by atoms with E-state index in [9.17, 15) is 13.2 Å². The zero-order valence-corrected chi connectivity index (χ0v) is 12.7. The van der Waals surface area contributed by atoms with Gasteiger partial charge in [0, 0.05) is 16.1 Å². The van der Waals surface area contributed by atoms with Gasteiger partial charge in [0.1, 0.15) is 11.5 Å². The van der Waals surface area contributed by atoms with Gasteiger partial charge in [0.25, 0.3) is 0 Å². The lowest BCUT2D eigenvalue weighted by atomic mass is 10.1. The van der Waals surface area contributed by atoms with Crippen molar-refractivity contribution in [1.29, 1.82) is 0 Å². The van der Waals surface area contributed by atoms with Crippen molar-refractivity contribution in [2.24, 2.45) is 0 Å². The summed E-state index contributed by atoms with van der Waals surface area (Å²) in [5.41, 5.74) is -2.90. The summed E-state index contributed by atoms with van der Waals surface area (Å²) in [4.78, 5) is 0.162. The molecule has 0 aliphatic carbocycles. The Bertz CT molecular complexity index is 622. The molecule has 0 radical (unpaired) electrons. The summed E-state index contributed by atoms with van der Waals surface area (Å²) in [6, 6.07) is 8.16. The molecule has 2 rings (SSSR count). The van der Waals surface area contributed by atoms with Gasteiger partial charge in [0.15, 0.2) is 0 Å². The molecule has 1 heterocycles. The first-order chi connectivity index (χ1) is 9.76. The van der Waals surface area contributed by atoms with Crippen molar-refractivity contribution in [3.05, 3.63) is 47.4 Å². The Morgan fingerprint density at radius 3 is 2.43 bits per heavy atom. The van der Waals surface area contributed by atoms with Gasteiger partial charge >= 0.3 is 5.51 Å². The van der Waals surface area contributed by atoms with Gasteiger partial charge < -0.3 is 9.73 Å². The summed E-state index contributed by atoms with van der Waals surface area (Å²) < 4.78 is 43.2. The minimum absolute atomic E-state index is 0.112. The highest BCUT2D eigenvalue weighted by Crippen LogP contribution is 2.41. The number of para-hydroxylation sites is 1. The molecule has 1 aromatic carbocycles. The third-order valence-corrected chi connectivity index (χ3v) is 3.84. The van der Waals surface area contributed by atoms with Crippen LogP contribution >= 0.6 is 11.8 Å². The maximum atomic E-state index is 12.6. The SMILES string of the molecule is Cc1cc(C(C)Nc2ccccc2SC(F)(F)F)c(C)o1. The molecule has 0 aliphatic rings. The van der Waals surface area contributed by atoms with Crippen LogP contribution in [0.2, 0.25) is 0 Å². The van der Waals surface area contributed by atoms with E-state index in [1.165, 1.54) is 6.07 Å².